The van der Waals surface area contributed by atoms with Crippen LogP contribution in [-0.2, 0) is 21.4 Å². The van der Waals surface area contributed by atoms with Crippen molar-refractivity contribution in [3.05, 3.63) is 54.1 Å². The van der Waals surface area contributed by atoms with E-state index in [1.807, 2.05) is 0 Å². The van der Waals surface area contributed by atoms with Crippen LogP contribution in [0.2, 0.25) is 0 Å². The van der Waals surface area contributed by atoms with E-state index in [-0.39, 0.29) is 23.4 Å². The van der Waals surface area contributed by atoms with Crippen molar-refractivity contribution in [1.29, 1.82) is 0 Å². The molecule has 3 rings (SSSR count). The number of hydrogen-bond donors (Lipinski definition) is 2. The van der Waals surface area contributed by atoms with Crippen LogP contribution < -0.4 is 19.5 Å². The van der Waals surface area contributed by atoms with Gasteiger partial charge in [0.05, 0.1) is 12.0 Å². The van der Waals surface area contributed by atoms with Crippen molar-refractivity contribution in [2.45, 2.75) is 62.6 Å². The first-order chi connectivity index (χ1) is 14.9. The van der Waals surface area contributed by atoms with Crippen molar-refractivity contribution in [2.75, 3.05) is 7.11 Å². The van der Waals surface area contributed by atoms with E-state index >= 15 is 0 Å². The lowest BCUT2D eigenvalue weighted by Gasteiger charge is -2.24. The fraction of sp³-hybridized carbons (Fsp3) is 0.435. The molecule has 2 aromatic rings. The van der Waals surface area contributed by atoms with Crippen LogP contribution in [0.3, 0.4) is 0 Å². The van der Waals surface area contributed by atoms with Crippen LogP contribution >= 0.6 is 0 Å². The Kier molecular flexibility index (Phi) is 7.92. The quantitative estimate of drug-likeness (QED) is 0.616. The molecule has 1 fully saturated rings. The average molecular weight is 447 g/mol. The van der Waals surface area contributed by atoms with Crippen LogP contribution in [0.5, 0.6) is 11.5 Å². The number of carbonyl (C=O) groups excluding carboxylic acids is 1. The first-order valence-corrected chi connectivity index (χ1v) is 12.1. The highest BCUT2D eigenvalue weighted by Gasteiger charge is 2.21. The van der Waals surface area contributed by atoms with Gasteiger partial charge in [-0.1, -0.05) is 31.4 Å². The molecule has 0 saturated heterocycles. The zero-order valence-electron chi connectivity index (χ0n) is 18.0. The maximum atomic E-state index is 12.6. The molecule has 0 radical (unpaired) electrons. The molecule has 7 nitrogen and oxygen atoms in total. The summed E-state index contributed by atoms with van der Waals surface area (Å²) < 4.78 is 38.5. The number of methoxy groups -OCH3 is 1. The molecule has 1 saturated carbocycles. The van der Waals surface area contributed by atoms with E-state index in [0.29, 0.717) is 11.5 Å². The summed E-state index contributed by atoms with van der Waals surface area (Å²) in [6.45, 7) is 1.86. The third-order valence-electron chi connectivity index (χ3n) is 5.39. The van der Waals surface area contributed by atoms with E-state index in [1.54, 1.807) is 50.4 Å². The molecule has 1 atom stereocenters. The number of carbonyl (C=O) groups is 1. The predicted octanol–water partition coefficient (Wildman–Crippen LogP) is 3.39. The number of nitrogens with one attached hydrogen (secondary N) is 2. The summed E-state index contributed by atoms with van der Waals surface area (Å²) in [6.07, 6.45) is 4.87. The number of sulfonamides is 1. The standard InChI is InChI=1S/C23H30N2O5S/c1-17(23(26)25-19-6-4-3-5-7-19)30-21-12-14-22(15-13-21)31(27,28)24-16-18-8-10-20(29-2)11-9-18/h8-15,17,19,24H,3-7,16H2,1-2H3,(H,25,26)/t17-/m0/s1. The molecule has 0 spiro atoms. The summed E-state index contributed by atoms with van der Waals surface area (Å²) in [5, 5.41) is 3.04. The minimum Gasteiger partial charge on any atom is -0.497 e. The Morgan fingerprint density at radius 3 is 2.23 bits per heavy atom. The third kappa shape index (κ3) is 6.70. The topological polar surface area (TPSA) is 93.7 Å². The minimum atomic E-state index is -3.67. The number of rotatable bonds is 9. The smallest absolute Gasteiger partial charge is 0.260 e. The molecule has 8 heteroatoms. The molecular formula is C23H30N2O5S. The molecule has 2 N–H and O–H groups in total. The zero-order chi connectivity index (χ0) is 22.3. The molecule has 168 valence electrons. The fourth-order valence-electron chi connectivity index (χ4n) is 3.53. The van der Waals surface area contributed by atoms with Gasteiger partial charge in [0.25, 0.3) is 5.91 Å². The summed E-state index contributed by atoms with van der Waals surface area (Å²) in [6, 6.07) is 13.4. The number of amides is 1. The first-order valence-electron chi connectivity index (χ1n) is 10.6. The molecule has 1 aliphatic carbocycles. The van der Waals surface area contributed by atoms with Crippen molar-refractivity contribution in [1.82, 2.24) is 10.0 Å². The van der Waals surface area contributed by atoms with E-state index in [0.717, 1.165) is 31.2 Å². The number of ether oxygens (including phenoxy) is 2. The average Bonchev–Trinajstić information content (AvgIpc) is 2.79. The summed E-state index contributed by atoms with van der Waals surface area (Å²) in [4.78, 5) is 12.5. The van der Waals surface area contributed by atoms with Gasteiger partial charge in [0.2, 0.25) is 10.0 Å². The normalized spacial score (nSPS) is 15.8. The highest BCUT2D eigenvalue weighted by Crippen LogP contribution is 2.20. The Morgan fingerprint density at radius 1 is 1.00 bits per heavy atom. The van der Waals surface area contributed by atoms with Crippen LogP contribution in [0.15, 0.2) is 53.4 Å². The van der Waals surface area contributed by atoms with Crippen molar-refractivity contribution >= 4 is 15.9 Å². The van der Waals surface area contributed by atoms with Crippen LogP contribution in [0.4, 0.5) is 0 Å². The highest BCUT2D eigenvalue weighted by atomic mass is 32.2. The highest BCUT2D eigenvalue weighted by molar-refractivity contribution is 7.89. The summed E-state index contributed by atoms with van der Waals surface area (Å²) >= 11 is 0. The molecule has 31 heavy (non-hydrogen) atoms. The maximum Gasteiger partial charge on any atom is 0.260 e. The summed E-state index contributed by atoms with van der Waals surface area (Å²) in [5.74, 6) is 1.01. The zero-order valence-corrected chi connectivity index (χ0v) is 18.8. The first kappa shape index (κ1) is 23.1. The Labute approximate surface area is 184 Å². The van der Waals surface area contributed by atoms with E-state index < -0.39 is 16.1 Å². The van der Waals surface area contributed by atoms with Gasteiger partial charge >= 0.3 is 0 Å². The van der Waals surface area contributed by atoms with E-state index in [4.69, 9.17) is 9.47 Å². The van der Waals surface area contributed by atoms with E-state index in [1.165, 1.54) is 18.6 Å². The van der Waals surface area contributed by atoms with Crippen molar-refractivity contribution < 1.29 is 22.7 Å². The molecule has 0 heterocycles. The third-order valence-corrected chi connectivity index (χ3v) is 6.81. The van der Waals surface area contributed by atoms with E-state index in [9.17, 15) is 13.2 Å². The Hall–Kier alpha value is -2.58. The van der Waals surface area contributed by atoms with Gasteiger partial charge in [-0.15, -0.1) is 0 Å². The van der Waals surface area contributed by atoms with Crippen LogP contribution in [0, 0.1) is 0 Å². The van der Waals surface area contributed by atoms with Gasteiger partial charge in [-0.05, 0) is 61.7 Å². The number of benzene rings is 2. The van der Waals surface area contributed by atoms with Gasteiger partial charge < -0.3 is 14.8 Å². The number of hydrogen-bond acceptors (Lipinski definition) is 5. The molecule has 0 unspecified atom stereocenters. The van der Waals surface area contributed by atoms with Gasteiger partial charge in [-0.2, -0.15) is 0 Å². The molecule has 2 aromatic carbocycles. The maximum absolute atomic E-state index is 12.6. The lowest BCUT2D eigenvalue weighted by molar-refractivity contribution is -0.128. The second kappa shape index (κ2) is 10.6. The summed E-state index contributed by atoms with van der Waals surface area (Å²) in [5.41, 5.74) is 0.821. The van der Waals surface area contributed by atoms with Gasteiger partial charge in [-0.25, -0.2) is 13.1 Å². The Morgan fingerprint density at radius 2 is 1.61 bits per heavy atom. The van der Waals surface area contributed by atoms with Crippen LogP contribution in [-0.4, -0.2) is 33.6 Å². The van der Waals surface area contributed by atoms with E-state index in [2.05, 4.69) is 10.0 Å². The summed E-state index contributed by atoms with van der Waals surface area (Å²) in [7, 11) is -2.09. The Balaban J connectivity index is 1.53. The predicted molar refractivity (Wildman–Crippen MR) is 119 cm³/mol. The molecule has 1 amide bonds. The lowest BCUT2D eigenvalue weighted by Crippen LogP contribution is -2.43. The van der Waals surface area contributed by atoms with Gasteiger partial charge in [0.15, 0.2) is 6.10 Å². The minimum absolute atomic E-state index is 0.132. The van der Waals surface area contributed by atoms with Gasteiger partial charge in [0, 0.05) is 12.6 Å². The largest absolute Gasteiger partial charge is 0.497 e. The van der Waals surface area contributed by atoms with Gasteiger partial charge in [-0.3, -0.25) is 4.79 Å². The van der Waals surface area contributed by atoms with Crippen molar-refractivity contribution in [2.24, 2.45) is 0 Å². The van der Waals surface area contributed by atoms with Crippen molar-refractivity contribution in [3.8, 4) is 11.5 Å². The second-order valence-electron chi connectivity index (χ2n) is 7.75. The van der Waals surface area contributed by atoms with Crippen molar-refractivity contribution in [3.63, 3.8) is 0 Å². The molecular weight excluding hydrogens is 416 g/mol. The van der Waals surface area contributed by atoms with Crippen LogP contribution in [0.25, 0.3) is 0 Å². The lowest BCUT2D eigenvalue weighted by atomic mass is 9.95. The molecule has 0 aromatic heterocycles. The molecule has 0 aliphatic heterocycles. The monoisotopic (exact) mass is 446 g/mol. The fourth-order valence-corrected chi connectivity index (χ4v) is 4.54. The molecule has 0 bridgehead atoms. The SMILES string of the molecule is COc1ccc(CNS(=O)(=O)c2ccc(O[C@@H](C)C(=O)NC3CCCCC3)cc2)cc1. The van der Waals surface area contributed by atoms with Crippen LogP contribution in [0.1, 0.15) is 44.6 Å². The molecule has 1 aliphatic rings. The Bertz CT molecular complexity index is 952. The van der Waals surface area contributed by atoms with Gasteiger partial charge in [0.1, 0.15) is 11.5 Å². The second-order valence-corrected chi connectivity index (χ2v) is 9.51.